The monoisotopic (exact) mass is 292 g/mol. The van der Waals surface area contributed by atoms with E-state index in [0.29, 0.717) is 28.5 Å². The summed E-state index contributed by atoms with van der Waals surface area (Å²) < 4.78 is 13.1. The second-order valence-corrected chi connectivity index (χ2v) is 5.22. The Labute approximate surface area is 119 Å². The van der Waals surface area contributed by atoms with Crippen LogP contribution < -0.4 is 5.56 Å². The molecule has 1 aromatic carbocycles. The summed E-state index contributed by atoms with van der Waals surface area (Å²) in [6, 6.07) is 5.38. The van der Waals surface area contributed by atoms with Crippen molar-refractivity contribution in [2.45, 2.75) is 29.8 Å². The van der Waals surface area contributed by atoms with Crippen LogP contribution in [0.1, 0.15) is 29.4 Å². The Bertz CT molecular complexity index is 685. The molecular weight excluding hydrogens is 279 g/mol. The molecule has 0 spiro atoms. The van der Waals surface area contributed by atoms with Crippen LogP contribution >= 0.6 is 11.8 Å². The standard InChI is InChI=1S/C14H13FN2O2S/c1-2-3-11-7-13(19)17-14(16-11)20-12-5-4-10(15)6-9(12)8-18/h4-8H,2-3H2,1H3,(H,16,17,19). The molecule has 0 amide bonds. The minimum atomic E-state index is -0.474. The van der Waals surface area contributed by atoms with Gasteiger partial charge in [-0.05, 0) is 24.6 Å². The van der Waals surface area contributed by atoms with Crippen molar-refractivity contribution in [1.82, 2.24) is 9.97 Å². The third-order valence-electron chi connectivity index (χ3n) is 2.58. The molecule has 0 aliphatic rings. The first-order chi connectivity index (χ1) is 9.62. The zero-order chi connectivity index (χ0) is 14.5. The molecule has 4 nitrogen and oxygen atoms in total. The molecule has 1 N–H and O–H groups in total. The maximum absolute atomic E-state index is 13.1. The van der Waals surface area contributed by atoms with E-state index in [-0.39, 0.29) is 11.1 Å². The quantitative estimate of drug-likeness (QED) is 0.680. The van der Waals surface area contributed by atoms with E-state index in [1.165, 1.54) is 18.2 Å². The van der Waals surface area contributed by atoms with Gasteiger partial charge < -0.3 is 4.98 Å². The number of hydrogen-bond acceptors (Lipinski definition) is 4. The van der Waals surface area contributed by atoms with Gasteiger partial charge in [0.25, 0.3) is 5.56 Å². The van der Waals surface area contributed by atoms with Gasteiger partial charge in [-0.15, -0.1) is 0 Å². The average molecular weight is 292 g/mol. The maximum Gasteiger partial charge on any atom is 0.251 e. The number of H-pyrrole nitrogens is 1. The second kappa shape index (κ2) is 6.47. The highest BCUT2D eigenvalue weighted by molar-refractivity contribution is 7.99. The zero-order valence-corrected chi connectivity index (χ0v) is 11.7. The van der Waals surface area contributed by atoms with Crippen molar-refractivity contribution in [2.24, 2.45) is 0 Å². The number of hydrogen-bond donors (Lipinski definition) is 1. The van der Waals surface area contributed by atoms with E-state index in [2.05, 4.69) is 9.97 Å². The highest BCUT2D eigenvalue weighted by atomic mass is 32.2. The van der Waals surface area contributed by atoms with Crippen LogP contribution in [0, 0.1) is 5.82 Å². The lowest BCUT2D eigenvalue weighted by molar-refractivity contribution is 0.112. The molecule has 1 heterocycles. The number of benzene rings is 1. The molecule has 0 aliphatic heterocycles. The summed E-state index contributed by atoms with van der Waals surface area (Å²) >= 11 is 1.14. The summed E-state index contributed by atoms with van der Waals surface area (Å²) in [5.41, 5.74) is 0.702. The van der Waals surface area contributed by atoms with Gasteiger partial charge in [0.05, 0.1) is 0 Å². The first-order valence-corrected chi connectivity index (χ1v) is 6.97. The SMILES string of the molecule is CCCc1cc(=O)[nH]c(Sc2ccc(F)cc2C=O)n1. The lowest BCUT2D eigenvalue weighted by atomic mass is 10.2. The van der Waals surface area contributed by atoms with Gasteiger partial charge in [0.2, 0.25) is 0 Å². The topological polar surface area (TPSA) is 62.8 Å². The first-order valence-electron chi connectivity index (χ1n) is 6.15. The zero-order valence-electron chi connectivity index (χ0n) is 10.9. The lowest BCUT2D eigenvalue weighted by Gasteiger charge is -2.05. The summed E-state index contributed by atoms with van der Waals surface area (Å²) in [4.78, 5) is 30.0. The average Bonchev–Trinajstić information content (AvgIpc) is 2.40. The predicted molar refractivity (Wildman–Crippen MR) is 74.8 cm³/mol. The molecule has 0 unspecified atom stereocenters. The Morgan fingerprint density at radius 3 is 2.90 bits per heavy atom. The molecule has 20 heavy (non-hydrogen) atoms. The van der Waals surface area contributed by atoms with Crippen LogP contribution in [0.3, 0.4) is 0 Å². The van der Waals surface area contributed by atoms with E-state index >= 15 is 0 Å². The number of nitrogens with zero attached hydrogens (tertiary/aromatic N) is 1. The number of nitrogens with one attached hydrogen (secondary N) is 1. The predicted octanol–water partition coefficient (Wildman–Crippen LogP) is 2.83. The van der Waals surface area contributed by atoms with Crippen LogP contribution in [0.15, 0.2) is 39.1 Å². The summed E-state index contributed by atoms with van der Waals surface area (Å²) in [6.45, 7) is 2.00. The molecule has 6 heteroatoms. The van der Waals surface area contributed by atoms with Gasteiger partial charge in [-0.3, -0.25) is 9.59 Å². The molecule has 0 bridgehead atoms. The molecule has 0 radical (unpaired) electrons. The van der Waals surface area contributed by atoms with Gasteiger partial charge in [0.15, 0.2) is 11.4 Å². The number of carbonyl (C=O) groups is 1. The van der Waals surface area contributed by atoms with Crippen molar-refractivity contribution in [3.05, 3.63) is 51.7 Å². The number of carbonyl (C=O) groups excluding carboxylic acids is 1. The molecular formula is C14H13FN2O2S. The van der Waals surface area contributed by atoms with Gasteiger partial charge in [-0.25, -0.2) is 9.37 Å². The van der Waals surface area contributed by atoms with Gasteiger partial charge in [-0.2, -0.15) is 0 Å². The Morgan fingerprint density at radius 1 is 1.40 bits per heavy atom. The molecule has 104 valence electrons. The normalized spacial score (nSPS) is 10.5. The fraction of sp³-hybridized carbons (Fsp3) is 0.214. The molecule has 2 aromatic rings. The Balaban J connectivity index is 2.34. The van der Waals surface area contributed by atoms with Crippen molar-refractivity contribution in [3.8, 4) is 0 Å². The van der Waals surface area contributed by atoms with Crippen LogP contribution in [0.5, 0.6) is 0 Å². The Morgan fingerprint density at radius 2 is 2.20 bits per heavy atom. The number of rotatable bonds is 5. The number of aromatic amines is 1. The van der Waals surface area contributed by atoms with Gasteiger partial charge in [0.1, 0.15) is 5.82 Å². The van der Waals surface area contributed by atoms with Crippen LogP contribution in [0.25, 0.3) is 0 Å². The van der Waals surface area contributed by atoms with Gasteiger partial charge in [0, 0.05) is 22.2 Å². The Hall–Kier alpha value is -1.95. The third kappa shape index (κ3) is 3.54. The highest BCUT2D eigenvalue weighted by Gasteiger charge is 2.08. The Kier molecular flexibility index (Phi) is 4.68. The molecule has 0 atom stereocenters. The van der Waals surface area contributed by atoms with Crippen LogP contribution in [-0.2, 0) is 6.42 Å². The third-order valence-corrected chi connectivity index (χ3v) is 3.56. The molecule has 2 rings (SSSR count). The fourth-order valence-corrected chi connectivity index (χ4v) is 2.61. The van der Waals surface area contributed by atoms with Crippen molar-refractivity contribution in [1.29, 1.82) is 0 Å². The number of aldehydes is 1. The van der Waals surface area contributed by atoms with Gasteiger partial charge >= 0.3 is 0 Å². The van der Waals surface area contributed by atoms with Crippen LogP contribution in [-0.4, -0.2) is 16.3 Å². The summed E-state index contributed by atoms with van der Waals surface area (Å²) in [6.07, 6.45) is 2.18. The number of aromatic nitrogens is 2. The summed E-state index contributed by atoms with van der Waals surface area (Å²) in [5, 5.41) is 0.399. The largest absolute Gasteiger partial charge is 0.301 e. The van der Waals surface area contributed by atoms with Crippen molar-refractivity contribution in [3.63, 3.8) is 0 Å². The van der Waals surface area contributed by atoms with E-state index in [0.717, 1.165) is 24.2 Å². The summed E-state index contributed by atoms with van der Waals surface area (Å²) in [7, 11) is 0. The van der Waals surface area contributed by atoms with Crippen LogP contribution in [0.4, 0.5) is 4.39 Å². The molecule has 0 aliphatic carbocycles. The van der Waals surface area contributed by atoms with Crippen molar-refractivity contribution in [2.75, 3.05) is 0 Å². The fourth-order valence-electron chi connectivity index (χ4n) is 1.72. The smallest absolute Gasteiger partial charge is 0.251 e. The lowest BCUT2D eigenvalue weighted by Crippen LogP contribution is -2.10. The minimum Gasteiger partial charge on any atom is -0.301 e. The molecule has 0 saturated carbocycles. The number of halogens is 1. The van der Waals surface area contributed by atoms with E-state index < -0.39 is 5.82 Å². The minimum absolute atomic E-state index is 0.235. The number of aryl methyl sites for hydroxylation is 1. The van der Waals surface area contributed by atoms with E-state index in [9.17, 15) is 14.0 Å². The second-order valence-electron chi connectivity index (χ2n) is 4.19. The van der Waals surface area contributed by atoms with Crippen molar-refractivity contribution < 1.29 is 9.18 Å². The molecule has 1 aromatic heterocycles. The van der Waals surface area contributed by atoms with Crippen LogP contribution in [0.2, 0.25) is 0 Å². The highest BCUT2D eigenvalue weighted by Crippen LogP contribution is 2.27. The summed E-state index contributed by atoms with van der Waals surface area (Å²) in [5.74, 6) is -0.474. The van der Waals surface area contributed by atoms with Gasteiger partial charge in [-0.1, -0.05) is 25.1 Å². The molecule has 0 saturated heterocycles. The van der Waals surface area contributed by atoms with Crippen molar-refractivity contribution >= 4 is 18.0 Å². The van der Waals surface area contributed by atoms with E-state index in [1.54, 1.807) is 0 Å². The van der Waals surface area contributed by atoms with E-state index in [4.69, 9.17) is 0 Å². The molecule has 0 fully saturated rings. The van der Waals surface area contributed by atoms with E-state index in [1.807, 2.05) is 6.92 Å². The maximum atomic E-state index is 13.1. The first kappa shape index (κ1) is 14.5.